The molecule has 1 heterocycles. The van der Waals surface area contributed by atoms with Gasteiger partial charge in [0.2, 0.25) is 5.91 Å². The monoisotopic (exact) mass is 334 g/mol. The lowest BCUT2D eigenvalue weighted by molar-refractivity contribution is -0.159. The van der Waals surface area contributed by atoms with Gasteiger partial charge in [0.05, 0.1) is 13.2 Å². The Kier molecular flexibility index (Phi) is 5.83. The van der Waals surface area contributed by atoms with E-state index in [1.807, 2.05) is 31.2 Å². The van der Waals surface area contributed by atoms with E-state index in [1.165, 1.54) is 16.7 Å². The average molecular weight is 334 g/mol. The van der Waals surface area contributed by atoms with Crippen LogP contribution < -0.4 is 4.74 Å². The number of likely N-dealkylation sites (N-methyl/N-ethyl adjacent to an activating group) is 1. The van der Waals surface area contributed by atoms with Crippen LogP contribution in [0.4, 0.5) is 0 Å². The van der Waals surface area contributed by atoms with Crippen molar-refractivity contribution >= 4 is 11.8 Å². The minimum Gasteiger partial charge on any atom is -0.494 e. The molecule has 1 aliphatic rings. The van der Waals surface area contributed by atoms with E-state index in [9.17, 15) is 14.7 Å². The smallest absolute Gasteiger partial charge is 0.256 e. The molecule has 1 N–H and O–H groups in total. The molecule has 2 rings (SSSR count). The molecule has 2 amide bonds. The number of amides is 2. The van der Waals surface area contributed by atoms with E-state index < -0.39 is 5.60 Å². The zero-order valence-corrected chi connectivity index (χ0v) is 14.6. The van der Waals surface area contributed by atoms with Gasteiger partial charge in [-0.1, -0.05) is 18.2 Å². The van der Waals surface area contributed by atoms with Crippen molar-refractivity contribution in [2.45, 2.75) is 38.8 Å². The second kappa shape index (κ2) is 7.66. The predicted molar refractivity (Wildman–Crippen MR) is 90.5 cm³/mol. The number of benzene rings is 1. The van der Waals surface area contributed by atoms with Crippen LogP contribution in [0.15, 0.2) is 24.3 Å². The topological polar surface area (TPSA) is 70.1 Å². The summed E-state index contributed by atoms with van der Waals surface area (Å²) in [5.74, 6) is 0.255. The standard InChI is InChI=1S/C18H26N2O4/c1-4-24-16-9-6-5-8-15(16)12-19(3)17(22)18(23)10-7-11-20(13-18)14(2)21/h5-6,8-9,23H,4,7,10-13H2,1-3H3/t18-/m1/s1. The molecule has 1 aromatic carbocycles. The second-order valence-electron chi connectivity index (χ2n) is 6.28. The predicted octanol–water partition coefficient (Wildman–Crippen LogP) is 1.42. The first kappa shape index (κ1) is 18.3. The van der Waals surface area contributed by atoms with Crippen molar-refractivity contribution in [1.29, 1.82) is 0 Å². The number of piperidine rings is 1. The Balaban J connectivity index is 2.10. The first-order valence-corrected chi connectivity index (χ1v) is 8.31. The maximum absolute atomic E-state index is 12.8. The van der Waals surface area contributed by atoms with E-state index >= 15 is 0 Å². The highest BCUT2D eigenvalue weighted by Gasteiger charge is 2.42. The minimum absolute atomic E-state index is 0.0542. The molecule has 0 aliphatic carbocycles. The van der Waals surface area contributed by atoms with Crippen molar-refractivity contribution in [2.75, 3.05) is 26.7 Å². The van der Waals surface area contributed by atoms with Crippen LogP contribution in [0.5, 0.6) is 5.75 Å². The molecule has 1 aliphatic heterocycles. The fourth-order valence-electron chi connectivity index (χ4n) is 3.09. The van der Waals surface area contributed by atoms with Crippen LogP contribution in [0.1, 0.15) is 32.3 Å². The van der Waals surface area contributed by atoms with Gasteiger partial charge in [0.1, 0.15) is 5.75 Å². The summed E-state index contributed by atoms with van der Waals surface area (Å²) in [5.41, 5.74) is -0.628. The molecule has 1 fully saturated rings. The third kappa shape index (κ3) is 4.06. The molecule has 6 nitrogen and oxygen atoms in total. The van der Waals surface area contributed by atoms with Crippen LogP contribution in [-0.2, 0) is 16.1 Å². The van der Waals surface area contributed by atoms with E-state index in [1.54, 1.807) is 7.05 Å². The number of nitrogens with zero attached hydrogens (tertiary/aromatic N) is 2. The summed E-state index contributed by atoms with van der Waals surface area (Å²) in [6.45, 7) is 4.90. The number of aliphatic hydroxyl groups is 1. The van der Waals surface area contributed by atoms with E-state index in [0.29, 0.717) is 32.5 Å². The maximum atomic E-state index is 12.8. The molecule has 0 bridgehead atoms. The molecular formula is C18H26N2O4. The molecule has 24 heavy (non-hydrogen) atoms. The number of ether oxygens (including phenoxy) is 1. The minimum atomic E-state index is -1.51. The van der Waals surface area contributed by atoms with Gasteiger partial charge in [-0.15, -0.1) is 0 Å². The van der Waals surface area contributed by atoms with Crippen LogP contribution in [0, 0.1) is 0 Å². The molecule has 0 unspecified atom stereocenters. The lowest BCUT2D eigenvalue weighted by Crippen LogP contribution is -2.58. The number of hydrogen-bond donors (Lipinski definition) is 1. The molecule has 0 saturated carbocycles. The summed E-state index contributed by atoms with van der Waals surface area (Å²) in [5, 5.41) is 10.8. The fraction of sp³-hybridized carbons (Fsp3) is 0.556. The highest BCUT2D eigenvalue weighted by Crippen LogP contribution is 2.25. The lowest BCUT2D eigenvalue weighted by Gasteiger charge is -2.39. The van der Waals surface area contributed by atoms with Gasteiger partial charge in [0.15, 0.2) is 5.60 Å². The summed E-state index contributed by atoms with van der Waals surface area (Å²) in [7, 11) is 1.66. The number of carbonyl (C=O) groups is 2. The molecule has 1 saturated heterocycles. The highest BCUT2D eigenvalue weighted by molar-refractivity contribution is 5.86. The average Bonchev–Trinajstić information content (AvgIpc) is 2.56. The Morgan fingerprint density at radius 1 is 1.38 bits per heavy atom. The van der Waals surface area contributed by atoms with Gasteiger partial charge < -0.3 is 19.6 Å². The molecule has 6 heteroatoms. The number of para-hydroxylation sites is 1. The molecule has 1 atom stereocenters. The van der Waals surface area contributed by atoms with Crippen molar-refractivity contribution in [2.24, 2.45) is 0 Å². The zero-order valence-electron chi connectivity index (χ0n) is 14.6. The third-order valence-electron chi connectivity index (χ3n) is 4.34. The summed E-state index contributed by atoms with van der Waals surface area (Å²) >= 11 is 0. The lowest BCUT2D eigenvalue weighted by atomic mass is 9.91. The molecule has 132 valence electrons. The SMILES string of the molecule is CCOc1ccccc1CN(C)C(=O)[C@@]1(O)CCCN(C(C)=O)C1. The van der Waals surface area contributed by atoms with Crippen molar-refractivity contribution in [3.63, 3.8) is 0 Å². The number of β-amino-alcohol motifs (C(OH)–C–C–N with tert-alkyl or cyclic N) is 1. The van der Waals surface area contributed by atoms with Gasteiger partial charge in [0.25, 0.3) is 5.91 Å². The Hall–Kier alpha value is -2.08. The van der Waals surface area contributed by atoms with Crippen LogP contribution in [0.2, 0.25) is 0 Å². The Labute approximate surface area is 143 Å². The van der Waals surface area contributed by atoms with E-state index in [2.05, 4.69) is 0 Å². The van der Waals surface area contributed by atoms with Crippen LogP contribution in [0.3, 0.4) is 0 Å². The number of hydrogen-bond acceptors (Lipinski definition) is 4. The Morgan fingerprint density at radius 2 is 2.08 bits per heavy atom. The van der Waals surface area contributed by atoms with Gasteiger partial charge >= 0.3 is 0 Å². The quantitative estimate of drug-likeness (QED) is 0.884. The second-order valence-corrected chi connectivity index (χ2v) is 6.28. The van der Waals surface area contributed by atoms with Gasteiger partial charge in [-0.05, 0) is 25.8 Å². The molecule has 0 radical (unpaired) electrons. The number of likely N-dealkylation sites (tertiary alicyclic amines) is 1. The van der Waals surface area contributed by atoms with Gasteiger partial charge in [-0.3, -0.25) is 9.59 Å². The first-order valence-electron chi connectivity index (χ1n) is 8.31. The number of rotatable bonds is 5. The normalized spacial score (nSPS) is 20.6. The van der Waals surface area contributed by atoms with E-state index in [0.717, 1.165) is 11.3 Å². The van der Waals surface area contributed by atoms with E-state index in [-0.39, 0.29) is 18.4 Å². The van der Waals surface area contributed by atoms with Crippen LogP contribution >= 0.6 is 0 Å². The molecule has 0 aromatic heterocycles. The summed E-state index contributed by atoms with van der Waals surface area (Å²) < 4.78 is 5.58. The molecular weight excluding hydrogens is 308 g/mol. The van der Waals surface area contributed by atoms with Gasteiger partial charge in [-0.2, -0.15) is 0 Å². The van der Waals surface area contributed by atoms with Crippen LogP contribution in [0.25, 0.3) is 0 Å². The maximum Gasteiger partial charge on any atom is 0.256 e. The molecule has 0 spiro atoms. The largest absolute Gasteiger partial charge is 0.494 e. The summed E-state index contributed by atoms with van der Waals surface area (Å²) in [6.07, 6.45) is 0.984. The number of carbonyl (C=O) groups excluding carboxylic acids is 2. The Bertz CT molecular complexity index is 604. The summed E-state index contributed by atoms with van der Waals surface area (Å²) in [6, 6.07) is 7.55. The summed E-state index contributed by atoms with van der Waals surface area (Å²) in [4.78, 5) is 27.4. The zero-order chi connectivity index (χ0) is 17.7. The molecule has 1 aromatic rings. The van der Waals surface area contributed by atoms with Gasteiger partial charge in [0, 0.05) is 32.6 Å². The van der Waals surface area contributed by atoms with E-state index in [4.69, 9.17) is 4.74 Å². The van der Waals surface area contributed by atoms with Crippen molar-refractivity contribution in [3.05, 3.63) is 29.8 Å². The van der Waals surface area contributed by atoms with Crippen LogP contribution in [-0.4, -0.2) is 59.1 Å². The third-order valence-corrected chi connectivity index (χ3v) is 4.34. The van der Waals surface area contributed by atoms with Crippen molar-refractivity contribution in [1.82, 2.24) is 9.80 Å². The van der Waals surface area contributed by atoms with Crippen molar-refractivity contribution < 1.29 is 19.4 Å². The van der Waals surface area contributed by atoms with Crippen molar-refractivity contribution in [3.8, 4) is 5.75 Å². The first-order chi connectivity index (χ1) is 11.4. The fourth-order valence-corrected chi connectivity index (χ4v) is 3.09. The Morgan fingerprint density at radius 3 is 2.75 bits per heavy atom. The van der Waals surface area contributed by atoms with Gasteiger partial charge in [-0.25, -0.2) is 0 Å². The highest BCUT2D eigenvalue weighted by atomic mass is 16.5.